The molecule has 2 aromatic rings. The summed E-state index contributed by atoms with van der Waals surface area (Å²) >= 11 is 4.64. The molecular weight excluding hydrogens is 424 g/mol. The van der Waals surface area contributed by atoms with E-state index < -0.39 is 16.1 Å². The van der Waals surface area contributed by atoms with Gasteiger partial charge < -0.3 is 5.32 Å². The first kappa shape index (κ1) is 18.6. The van der Waals surface area contributed by atoms with Crippen molar-refractivity contribution in [2.75, 3.05) is 6.54 Å². The summed E-state index contributed by atoms with van der Waals surface area (Å²) in [6.45, 7) is 2.63. The summed E-state index contributed by atoms with van der Waals surface area (Å²) in [7, 11) is -3.62. The van der Waals surface area contributed by atoms with E-state index in [1.54, 1.807) is 12.1 Å². The lowest BCUT2D eigenvalue weighted by Crippen LogP contribution is -2.45. The molecule has 1 aromatic heterocycles. The van der Waals surface area contributed by atoms with Crippen molar-refractivity contribution in [3.05, 3.63) is 51.3 Å². The van der Waals surface area contributed by atoms with Gasteiger partial charge in [0.05, 0.1) is 0 Å². The van der Waals surface area contributed by atoms with Crippen LogP contribution in [-0.4, -0.2) is 31.2 Å². The van der Waals surface area contributed by atoms with Gasteiger partial charge in [0, 0.05) is 22.4 Å². The second-order valence-corrected chi connectivity index (χ2v) is 10.3. The number of hydrogen-bond donors (Lipinski definition) is 1. The van der Waals surface area contributed by atoms with E-state index in [2.05, 4.69) is 21.2 Å². The summed E-state index contributed by atoms with van der Waals surface area (Å²) in [6.07, 6.45) is 1.24. The molecule has 5 nitrogen and oxygen atoms in total. The zero-order valence-corrected chi connectivity index (χ0v) is 17.0. The van der Waals surface area contributed by atoms with Crippen LogP contribution in [-0.2, 0) is 21.4 Å². The standard InChI is InChI=1S/C17H19BrN2O3S2/c1-12-7-8-16(24-12)25(22,23)20-9-3-6-15(20)17(21)19-11-13-4-2-5-14(18)10-13/h2,4-5,7-8,10,15H,3,6,9,11H2,1H3,(H,19,21). The second-order valence-electron chi connectivity index (χ2n) is 5.99. The number of aryl methyl sites for hydroxylation is 1. The van der Waals surface area contributed by atoms with E-state index in [0.717, 1.165) is 14.9 Å². The largest absolute Gasteiger partial charge is 0.351 e. The van der Waals surface area contributed by atoms with E-state index in [9.17, 15) is 13.2 Å². The van der Waals surface area contributed by atoms with Crippen molar-refractivity contribution in [1.29, 1.82) is 0 Å². The third kappa shape index (κ3) is 4.13. The fourth-order valence-corrected chi connectivity index (χ4v) is 6.43. The van der Waals surface area contributed by atoms with Crippen molar-refractivity contribution in [3.63, 3.8) is 0 Å². The Labute approximate surface area is 160 Å². The Morgan fingerprint density at radius 3 is 2.84 bits per heavy atom. The van der Waals surface area contributed by atoms with Gasteiger partial charge in [-0.2, -0.15) is 4.31 Å². The number of benzene rings is 1. The topological polar surface area (TPSA) is 66.5 Å². The summed E-state index contributed by atoms with van der Waals surface area (Å²) in [5.41, 5.74) is 0.962. The average Bonchev–Trinajstić information content (AvgIpc) is 3.22. The molecular formula is C17H19BrN2O3S2. The maximum Gasteiger partial charge on any atom is 0.253 e. The first-order valence-corrected chi connectivity index (χ1v) is 11.0. The number of amides is 1. The Balaban J connectivity index is 1.71. The molecule has 1 fully saturated rings. The number of carbonyl (C=O) groups excluding carboxylic acids is 1. The van der Waals surface area contributed by atoms with Gasteiger partial charge in [-0.15, -0.1) is 11.3 Å². The second kappa shape index (κ2) is 7.57. The van der Waals surface area contributed by atoms with E-state index in [0.29, 0.717) is 30.1 Å². The van der Waals surface area contributed by atoms with Crippen molar-refractivity contribution >= 4 is 43.2 Å². The van der Waals surface area contributed by atoms with Gasteiger partial charge in [0.25, 0.3) is 10.0 Å². The minimum atomic E-state index is -3.62. The molecule has 1 aliphatic heterocycles. The van der Waals surface area contributed by atoms with E-state index in [4.69, 9.17) is 0 Å². The number of rotatable bonds is 5. The fraction of sp³-hybridized carbons (Fsp3) is 0.353. The van der Waals surface area contributed by atoms with Gasteiger partial charge in [0.15, 0.2) is 0 Å². The molecule has 1 saturated heterocycles. The Morgan fingerprint density at radius 1 is 1.36 bits per heavy atom. The van der Waals surface area contributed by atoms with Crippen molar-refractivity contribution in [3.8, 4) is 0 Å². The van der Waals surface area contributed by atoms with Gasteiger partial charge in [0.2, 0.25) is 5.91 Å². The zero-order valence-electron chi connectivity index (χ0n) is 13.7. The summed E-state index contributed by atoms with van der Waals surface area (Å²) in [5.74, 6) is -0.241. The third-order valence-corrected chi connectivity index (χ3v) is 8.01. The van der Waals surface area contributed by atoms with Gasteiger partial charge in [-0.1, -0.05) is 28.1 Å². The smallest absolute Gasteiger partial charge is 0.253 e. The maximum absolute atomic E-state index is 12.8. The van der Waals surface area contributed by atoms with E-state index in [-0.39, 0.29) is 5.91 Å². The molecule has 0 radical (unpaired) electrons. The van der Waals surface area contributed by atoms with Crippen LogP contribution >= 0.6 is 27.3 Å². The number of nitrogens with zero attached hydrogens (tertiary/aromatic N) is 1. The predicted octanol–water partition coefficient (Wildman–Crippen LogP) is 3.29. The number of sulfonamides is 1. The molecule has 0 aliphatic carbocycles. The Bertz CT molecular complexity index is 880. The van der Waals surface area contributed by atoms with Crippen molar-refractivity contribution in [2.45, 2.75) is 36.6 Å². The molecule has 3 rings (SSSR count). The van der Waals surface area contributed by atoms with Crippen LogP contribution < -0.4 is 5.32 Å². The molecule has 1 aliphatic rings. The lowest BCUT2D eigenvalue weighted by Gasteiger charge is -2.22. The molecule has 1 N–H and O–H groups in total. The van der Waals surface area contributed by atoms with Crippen LogP contribution in [0.4, 0.5) is 0 Å². The van der Waals surface area contributed by atoms with Crippen LogP contribution in [0.15, 0.2) is 45.1 Å². The van der Waals surface area contributed by atoms with Gasteiger partial charge in [-0.05, 0) is 49.6 Å². The molecule has 0 spiro atoms. The number of thiophene rings is 1. The molecule has 1 unspecified atom stereocenters. The minimum Gasteiger partial charge on any atom is -0.351 e. The zero-order chi connectivity index (χ0) is 18.0. The number of nitrogens with one attached hydrogen (secondary N) is 1. The van der Waals surface area contributed by atoms with Gasteiger partial charge in [-0.3, -0.25) is 4.79 Å². The fourth-order valence-electron chi connectivity index (χ4n) is 2.91. The first-order valence-electron chi connectivity index (χ1n) is 7.98. The SMILES string of the molecule is Cc1ccc(S(=O)(=O)N2CCCC2C(=O)NCc2cccc(Br)c2)s1. The highest BCUT2D eigenvalue weighted by Gasteiger charge is 2.39. The summed E-state index contributed by atoms with van der Waals surface area (Å²) in [4.78, 5) is 13.5. The summed E-state index contributed by atoms with van der Waals surface area (Å²) in [6, 6.07) is 10.4. The molecule has 1 atom stereocenters. The van der Waals surface area contributed by atoms with Crippen molar-refractivity contribution < 1.29 is 13.2 Å². The number of carbonyl (C=O) groups is 1. The molecule has 1 aromatic carbocycles. The normalized spacial score (nSPS) is 18.4. The molecule has 8 heteroatoms. The Kier molecular flexibility index (Phi) is 5.62. The van der Waals surface area contributed by atoms with Gasteiger partial charge >= 0.3 is 0 Å². The lowest BCUT2D eigenvalue weighted by atomic mass is 10.2. The van der Waals surface area contributed by atoms with Crippen LogP contribution in [0.1, 0.15) is 23.3 Å². The van der Waals surface area contributed by atoms with Crippen LogP contribution in [0, 0.1) is 6.92 Å². The molecule has 134 valence electrons. The third-order valence-electron chi connectivity index (χ3n) is 4.14. The van der Waals surface area contributed by atoms with E-state index >= 15 is 0 Å². The highest BCUT2D eigenvalue weighted by Crippen LogP contribution is 2.30. The minimum absolute atomic E-state index is 0.241. The van der Waals surface area contributed by atoms with E-state index in [1.807, 2.05) is 31.2 Å². The highest BCUT2D eigenvalue weighted by atomic mass is 79.9. The molecule has 25 heavy (non-hydrogen) atoms. The predicted molar refractivity (Wildman–Crippen MR) is 102 cm³/mol. The average molecular weight is 443 g/mol. The monoisotopic (exact) mass is 442 g/mol. The molecule has 0 saturated carbocycles. The molecule has 0 bridgehead atoms. The molecule has 1 amide bonds. The van der Waals surface area contributed by atoms with Crippen molar-refractivity contribution in [2.24, 2.45) is 0 Å². The van der Waals surface area contributed by atoms with Crippen LogP contribution in [0.25, 0.3) is 0 Å². The number of hydrogen-bond acceptors (Lipinski definition) is 4. The Morgan fingerprint density at radius 2 is 2.16 bits per heavy atom. The van der Waals surface area contributed by atoms with Crippen LogP contribution in [0.5, 0.6) is 0 Å². The first-order chi connectivity index (χ1) is 11.9. The number of halogens is 1. The quantitative estimate of drug-likeness (QED) is 0.772. The molecule has 2 heterocycles. The van der Waals surface area contributed by atoms with E-state index in [1.165, 1.54) is 15.6 Å². The lowest BCUT2D eigenvalue weighted by molar-refractivity contribution is -0.124. The van der Waals surface area contributed by atoms with Gasteiger partial charge in [-0.25, -0.2) is 8.42 Å². The Hall–Kier alpha value is -1.22. The van der Waals surface area contributed by atoms with Crippen molar-refractivity contribution in [1.82, 2.24) is 9.62 Å². The van der Waals surface area contributed by atoms with Crippen LogP contribution in [0.2, 0.25) is 0 Å². The maximum atomic E-state index is 12.8. The summed E-state index contributed by atoms with van der Waals surface area (Å²) in [5, 5.41) is 2.86. The van der Waals surface area contributed by atoms with Gasteiger partial charge in [0.1, 0.15) is 10.3 Å². The summed E-state index contributed by atoms with van der Waals surface area (Å²) < 4.78 is 28.2. The highest BCUT2D eigenvalue weighted by molar-refractivity contribution is 9.10. The van der Waals surface area contributed by atoms with Crippen LogP contribution in [0.3, 0.4) is 0 Å².